The Bertz CT molecular complexity index is 520. The monoisotopic (exact) mass is 233 g/mol. The Morgan fingerprint density at radius 1 is 1.56 bits per heavy atom. The molecule has 0 amide bonds. The van der Waals surface area contributed by atoms with Crippen LogP contribution in [0, 0.1) is 5.92 Å². The fourth-order valence-electron chi connectivity index (χ4n) is 2.15. The molecule has 1 fully saturated rings. The van der Waals surface area contributed by atoms with Crippen molar-refractivity contribution in [3.05, 3.63) is 17.6 Å². The zero-order chi connectivity index (χ0) is 11.1. The summed E-state index contributed by atoms with van der Waals surface area (Å²) in [6.07, 6.45) is 2.52. The Morgan fingerprint density at radius 2 is 2.44 bits per heavy atom. The zero-order valence-electron chi connectivity index (χ0n) is 9.23. The molecule has 1 aromatic heterocycles. The van der Waals surface area contributed by atoms with Gasteiger partial charge in [-0.2, -0.15) is 0 Å². The third-order valence-corrected chi connectivity index (χ3v) is 4.12. The van der Waals surface area contributed by atoms with Gasteiger partial charge in [-0.25, -0.2) is 4.98 Å². The van der Waals surface area contributed by atoms with Gasteiger partial charge in [0.15, 0.2) is 0 Å². The summed E-state index contributed by atoms with van der Waals surface area (Å²) in [5.41, 5.74) is 10.7. The minimum atomic E-state index is 0.614. The highest BCUT2D eigenvalue weighted by Crippen LogP contribution is 2.38. The van der Waals surface area contributed by atoms with Crippen molar-refractivity contribution in [2.45, 2.75) is 25.8 Å². The van der Waals surface area contributed by atoms with Gasteiger partial charge in [0.1, 0.15) is 5.52 Å². The highest BCUT2D eigenvalue weighted by molar-refractivity contribution is 7.16. The van der Waals surface area contributed by atoms with E-state index in [9.17, 15) is 0 Å². The quantitative estimate of drug-likeness (QED) is 0.801. The van der Waals surface area contributed by atoms with E-state index in [0.717, 1.165) is 27.5 Å². The second-order valence-electron chi connectivity index (χ2n) is 4.38. The van der Waals surface area contributed by atoms with Gasteiger partial charge in [-0.05, 0) is 24.5 Å². The van der Waals surface area contributed by atoms with Gasteiger partial charge in [0.2, 0.25) is 0 Å². The Kier molecular flexibility index (Phi) is 2.24. The van der Waals surface area contributed by atoms with E-state index < -0.39 is 0 Å². The van der Waals surface area contributed by atoms with Gasteiger partial charge in [-0.1, -0.05) is 13.3 Å². The molecule has 1 aliphatic rings. The van der Waals surface area contributed by atoms with E-state index in [-0.39, 0.29) is 0 Å². The van der Waals surface area contributed by atoms with Crippen molar-refractivity contribution >= 4 is 32.9 Å². The Labute approximate surface area is 98.7 Å². The minimum absolute atomic E-state index is 0.614. The van der Waals surface area contributed by atoms with Crippen LogP contribution in [0.25, 0.3) is 10.2 Å². The van der Waals surface area contributed by atoms with Crippen LogP contribution < -0.4 is 11.1 Å². The first kappa shape index (κ1) is 9.90. The van der Waals surface area contributed by atoms with Crippen molar-refractivity contribution in [3.8, 4) is 0 Å². The maximum Gasteiger partial charge on any atom is 0.106 e. The van der Waals surface area contributed by atoms with Crippen LogP contribution in [0.2, 0.25) is 0 Å². The molecule has 0 bridgehead atoms. The van der Waals surface area contributed by atoms with Gasteiger partial charge in [0.25, 0.3) is 0 Å². The predicted octanol–water partition coefficient (Wildman–Crippen LogP) is 3.09. The highest BCUT2D eigenvalue weighted by atomic mass is 32.1. The molecular weight excluding hydrogens is 218 g/mol. The summed E-state index contributed by atoms with van der Waals surface area (Å²) in [5, 5.41) is 3.51. The lowest BCUT2D eigenvalue weighted by molar-refractivity contribution is 0.775. The highest BCUT2D eigenvalue weighted by Gasteiger charge is 2.35. The van der Waals surface area contributed by atoms with E-state index >= 15 is 0 Å². The van der Waals surface area contributed by atoms with Gasteiger partial charge in [-0.3, -0.25) is 0 Å². The molecule has 2 aromatic rings. The molecule has 0 spiro atoms. The third-order valence-electron chi connectivity index (χ3n) is 3.33. The Balaban J connectivity index is 1.89. The van der Waals surface area contributed by atoms with Crippen LogP contribution in [-0.2, 0) is 0 Å². The largest absolute Gasteiger partial charge is 0.395 e. The maximum absolute atomic E-state index is 6.11. The van der Waals surface area contributed by atoms with Crippen LogP contribution in [0.4, 0.5) is 11.4 Å². The number of thiazole rings is 1. The number of hydrogen-bond donors (Lipinski definition) is 2. The molecule has 3 rings (SSSR count). The molecule has 0 radical (unpaired) electrons. The maximum atomic E-state index is 6.11. The summed E-state index contributed by atoms with van der Waals surface area (Å²) in [4.78, 5) is 4.30. The first-order valence-corrected chi connectivity index (χ1v) is 6.55. The number of fused-ring (bicyclic) bond motifs is 1. The van der Waals surface area contributed by atoms with Crippen LogP contribution in [-0.4, -0.2) is 11.0 Å². The Hall–Kier alpha value is -1.29. The number of nitrogens with two attached hydrogens (primary N) is 1. The van der Waals surface area contributed by atoms with Crippen molar-refractivity contribution in [1.82, 2.24) is 4.98 Å². The number of aromatic nitrogens is 1. The topological polar surface area (TPSA) is 50.9 Å². The number of nitrogens with zero attached hydrogens (tertiary/aromatic N) is 1. The fourth-order valence-corrected chi connectivity index (χ4v) is 2.85. The molecule has 3 nitrogen and oxygen atoms in total. The number of benzene rings is 1. The van der Waals surface area contributed by atoms with Crippen molar-refractivity contribution in [2.75, 3.05) is 11.1 Å². The fraction of sp³-hybridized carbons (Fsp3) is 0.417. The molecule has 1 heterocycles. The minimum Gasteiger partial charge on any atom is -0.395 e. The molecular formula is C12H15N3S. The Morgan fingerprint density at radius 3 is 3.19 bits per heavy atom. The van der Waals surface area contributed by atoms with E-state index in [0.29, 0.717) is 6.04 Å². The third kappa shape index (κ3) is 1.53. The van der Waals surface area contributed by atoms with E-state index in [1.54, 1.807) is 11.3 Å². The SMILES string of the molecule is CCC1CC1Nc1ccc2scnc2c1N. The lowest BCUT2D eigenvalue weighted by atomic mass is 10.2. The molecule has 84 valence electrons. The van der Waals surface area contributed by atoms with Gasteiger partial charge in [0, 0.05) is 6.04 Å². The van der Waals surface area contributed by atoms with E-state index in [1.807, 2.05) is 5.51 Å². The molecule has 0 saturated heterocycles. The molecule has 1 saturated carbocycles. The normalized spacial score (nSPS) is 23.6. The van der Waals surface area contributed by atoms with Crippen molar-refractivity contribution < 1.29 is 0 Å². The zero-order valence-corrected chi connectivity index (χ0v) is 10.1. The van der Waals surface area contributed by atoms with Crippen LogP contribution in [0.3, 0.4) is 0 Å². The number of anilines is 2. The number of rotatable bonds is 3. The summed E-state index contributed by atoms with van der Waals surface area (Å²) in [7, 11) is 0. The average molecular weight is 233 g/mol. The van der Waals surface area contributed by atoms with Crippen LogP contribution >= 0.6 is 11.3 Å². The number of nitrogens with one attached hydrogen (secondary N) is 1. The van der Waals surface area contributed by atoms with Gasteiger partial charge < -0.3 is 11.1 Å². The molecule has 1 aliphatic carbocycles. The van der Waals surface area contributed by atoms with E-state index in [1.165, 1.54) is 12.8 Å². The molecule has 3 N–H and O–H groups in total. The summed E-state index contributed by atoms with van der Waals surface area (Å²) < 4.78 is 1.16. The van der Waals surface area contributed by atoms with Gasteiger partial charge in [0.05, 0.1) is 21.6 Å². The molecule has 2 atom stereocenters. The summed E-state index contributed by atoms with van der Waals surface area (Å²) in [6.45, 7) is 2.24. The standard InChI is InChI=1S/C12H15N3S/c1-2-7-5-9(7)15-8-3-4-10-12(11(8)13)14-6-16-10/h3-4,6-7,9,15H,2,5,13H2,1H3. The molecule has 16 heavy (non-hydrogen) atoms. The van der Waals surface area contributed by atoms with E-state index in [4.69, 9.17) is 5.73 Å². The van der Waals surface area contributed by atoms with E-state index in [2.05, 4.69) is 29.4 Å². The van der Waals surface area contributed by atoms with Crippen LogP contribution in [0.15, 0.2) is 17.6 Å². The number of nitrogen functional groups attached to an aromatic ring is 1. The average Bonchev–Trinajstić information content (AvgIpc) is 2.86. The molecule has 0 aliphatic heterocycles. The molecule has 1 aromatic carbocycles. The lowest BCUT2D eigenvalue weighted by Crippen LogP contribution is -2.06. The van der Waals surface area contributed by atoms with Gasteiger partial charge in [-0.15, -0.1) is 11.3 Å². The van der Waals surface area contributed by atoms with Crippen LogP contribution in [0.1, 0.15) is 19.8 Å². The van der Waals surface area contributed by atoms with Crippen molar-refractivity contribution in [3.63, 3.8) is 0 Å². The predicted molar refractivity (Wildman–Crippen MR) is 69.8 cm³/mol. The summed E-state index contributed by atoms with van der Waals surface area (Å²) >= 11 is 1.63. The van der Waals surface area contributed by atoms with Gasteiger partial charge >= 0.3 is 0 Å². The van der Waals surface area contributed by atoms with Crippen molar-refractivity contribution in [2.24, 2.45) is 5.92 Å². The summed E-state index contributed by atoms with van der Waals surface area (Å²) in [5.74, 6) is 0.825. The number of hydrogen-bond acceptors (Lipinski definition) is 4. The smallest absolute Gasteiger partial charge is 0.106 e. The molecule has 4 heteroatoms. The first-order chi connectivity index (χ1) is 7.79. The lowest BCUT2D eigenvalue weighted by Gasteiger charge is -2.08. The summed E-state index contributed by atoms with van der Waals surface area (Å²) in [6, 6.07) is 4.78. The first-order valence-electron chi connectivity index (χ1n) is 5.67. The molecule has 2 unspecified atom stereocenters. The van der Waals surface area contributed by atoms with Crippen molar-refractivity contribution in [1.29, 1.82) is 0 Å². The van der Waals surface area contributed by atoms with Crippen LogP contribution in [0.5, 0.6) is 0 Å². The second kappa shape index (κ2) is 3.63. The second-order valence-corrected chi connectivity index (χ2v) is 5.27.